The Labute approximate surface area is 416 Å². The molecule has 0 radical (unpaired) electrons. The van der Waals surface area contributed by atoms with E-state index in [0.717, 1.165) is 70.6 Å². The lowest BCUT2D eigenvalue weighted by atomic mass is 10.0. The molecule has 0 aromatic carbocycles. The van der Waals surface area contributed by atoms with Crippen molar-refractivity contribution in [2.45, 2.75) is 322 Å². The summed E-state index contributed by atoms with van der Waals surface area (Å²) in [5.74, 6) is -0.873. The summed E-state index contributed by atoms with van der Waals surface area (Å²) in [5.41, 5.74) is 0. The Balaban J connectivity index is 4.08. The summed E-state index contributed by atoms with van der Waals surface area (Å²) in [6, 6.07) is 0. The predicted octanol–water partition coefficient (Wildman–Crippen LogP) is 19.7. The number of carbonyl (C=O) groups excluding carboxylic acids is 3. The molecule has 1 atom stereocenters. The third-order valence-corrected chi connectivity index (χ3v) is 13.1. The van der Waals surface area contributed by atoms with Gasteiger partial charge >= 0.3 is 17.9 Å². The molecule has 0 aliphatic heterocycles. The molecule has 6 heteroatoms. The van der Waals surface area contributed by atoms with E-state index in [4.69, 9.17) is 14.2 Å². The minimum absolute atomic E-state index is 0.0721. The number of hydrogen-bond donors (Lipinski definition) is 0. The van der Waals surface area contributed by atoms with Crippen LogP contribution in [0, 0.1) is 0 Å². The van der Waals surface area contributed by atoms with Crippen molar-refractivity contribution >= 4 is 17.9 Å². The van der Waals surface area contributed by atoms with Gasteiger partial charge in [0.25, 0.3) is 0 Å². The third-order valence-electron chi connectivity index (χ3n) is 13.1. The first-order valence-corrected chi connectivity index (χ1v) is 29.5. The van der Waals surface area contributed by atoms with Gasteiger partial charge in [0.15, 0.2) is 6.10 Å². The van der Waals surface area contributed by atoms with Crippen molar-refractivity contribution in [2.24, 2.45) is 0 Å². The summed E-state index contributed by atoms with van der Waals surface area (Å²) in [5, 5.41) is 0. The lowest BCUT2D eigenvalue weighted by Gasteiger charge is -2.18. The van der Waals surface area contributed by atoms with Crippen molar-refractivity contribution in [3.05, 3.63) is 36.5 Å². The van der Waals surface area contributed by atoms with Crippen LogP contribution in [0.1, 0.15) is 316 Å². The van der Waals surface area contributed by atoms with Gasteiger partial charge in [-0.05, 0) is 77.0 Å². The van der Waals surface area contributed by atoms with Gasteiger partial charge in [-0.3, -0.25) is 14.4 Å². The van der Waals surface area contributed by atoms with Crippen LogP contribution in [0.4, 0.5) is 0 Å². The SMILES string of the molecule is CCCCCCC/C=C\C/C=C\CCCCCCCCCCCCCCCCCC(=O)OCC(COC(=O)CCCCCCCCC)OC(=O)CCCCCCC/C=C\CCCCCCCC. The second-order valence-corrected chi connectivity index (χ2v) is 19.9. The van der Waals surface area contributed by atoms with Crippen LogP contribution in [0.15, 0.2) is 36.5 Å². The minimum atomic E-state index is -0.771. The van der Waals surface area contributed by atoms with E-state index in [1.165, 1.54) is 205 Å². The first-order chi connectivity index (χ1) is 33.0. The molecule has 6 nitrogen and oxygen atoms in total. The summed E-state index contributed by atoms with van der Waals surface area (Å²) in [6.45, 7) is 6.61. The Bertz CT molecular complexity index is 1130. The molecule has 0 N–H and O–H groups in total. The Morgan fingerprint density at radius 3 is 0.836 bits per heavy atom. The zero-order valence-corrected chi connectivity index (χ0v) is 44.9. The van der Waals surface area contributed by atoms with E-state index in [2.05, 4.69) is 57.2 Å². The lowest BCUT2D eigenvalue weighted by molar-refractivity contribution is -0.167. The van der Waals surface area contributed by atoms with Gasteiger partial charge in [-0.2, -0.15) is 0 Å². The fourth-order valence-electron chi connectivity index (χ4n) is 8.65. The number of carbonyl (C=O) groups is 3. The van der Waals surface area contributed by atoms with E-state index < -0.39 is 6.10 Å². The number of rotatable bonds is 54. The van der Waals surface area contributed by atoms with Crippen LogP contribution >= 0.6 is 0 Å². The second-order valence-electron chi connectivity index (χ2n) is 19.9. The highest BCUT2D eigenvalue weighted by atomic mass is 16.6. The highest BCUT2D eigenvalue weighted by Crippen LogP contribution is 2.16. The van der Waals surface area contributed by atoms with Gasteiger partial charge in [0, 0.05) is 19.3 Å². The first kappa shape index (κ1) is 64.6. The summed E-state index contributed by atoms with van der Waals surface area (Å²) in [6.07, 6.45) is 67.4. The van der Waals surface area contributed by atoms with Crippen LogP contribution in [0.5, 0.6) is 0 Å². The zero-order valence-electron chi connectivity index (χ0n) is 44.9. The van der Waals surface area contributed by atoms with Crippen molar-refractivity contribution < 1.29 is 28.6 Å². The van der Waals surface area contributed by atoms with Gasteiger partial charge in [-0.25, -0.2) is 0 Å². The van der Waals surface area contributed by atoms with Crippen molar-refractivity contribution in [1.29, 1.82) is 0 Å². The number of esters is 3. The molecule has 0 aliphatic carbocycles. The van der Waals surface area contributed by atoms with E-state index in [9.17, 15) is 14.4 Å². The molecule has 1 unspecified atom stereocenters. The number of hydrogen-bond acceptors (Lipinski definition) is 6. The summed E-state index contributed by atoms with van der Waals surface area (Å²) < 4.78 is 16.8. The Kier molecular flexibility index (Phi) is 54.2. The Morgan fingerprint density at radius 1 is 0.299 bits per heavy atom. The maximum absolute atomic E-state index is 12.8. The van der Waals surface area contributed by atoms with Crippen molar-refractivity contribution in [2.75, 3.05) is 13.2 Å². The van der Waals surface area contributed by atoms with E-state index in [0.29, 0.717) is 19.3 Å². The average molecular weight is 942 g/mol. The second kappa shape index (κ2) is 56.2. The highest BCUT2D eigenvalue weighted by Gasteiger charge is 2.19. The number of unbranched alkanes of at least 4 members (excludes halogenated alkanes) is 37. The standard InChI is InChI=1S/C61H112O6/c1-4-7-10-13-16-18-20-22-24-25-26-27-28-29-30-31-32-33-34-35-37-38-40-42-45-48-51-54-60(63)66-57-58(56-65-59(62)53-50-47-44-15-12-9-6-3)67-61(64)55-52-49-46-43-41-39-36-23-21-19-17-14-11-8-5-2/h20,22-23,25-26,36,58H,4-19,21,24,27-35,37-57H2,1-3H3/b22-20-,26-25-,36-23-. The molecule has 0 bridgehead atoms. The van der Waals surface area contributed by atoms with Gasteiger partial charge in [0.1, 0.15) is 13.2 Å². The van der Waals surface area contributed by atoms with Gasteiger partial charge in [0.2, 0.25) is 0 Å². The smallest absolute Gasteiger partial charge is 0.306 e. The van der Waals surface area contributed by atoms with Crippen molar-refractivity contribution in [3.63, 3.8) is 0 Å². The van der Waals surface area contributed by atoms with Gasteiger partial charge < -0.3 is 14.2 Å². The van der Waals surface area contributed by atoms with Crippen LogP contribution in [0.3, 0.4) is 0 Å². The molecule has 0 heterocycles. The monoisotopic (exact) mass is 941 g/mol. The molecule has 0 saturated heterocycles. The molecule has 0 amide bonds. The van der Waals surface area contributed by atoms with Crippen LogP contribution < -0.4 is 0 Å². The quantitative estimate of drug-likeness (QED) is 0.0262. The third kappa shape index (κ3) is 54.4. The van der Waals surface area contributed by atoms with E-state index in [1.54, 1.807) is 0 Å². The fourth-order valence-corrected chi connectivity index (χ4v) is 8.65. The summed E-state index contributed by atoms with van der Waals surface area (Å²) >= 11 is 0. The Hall–Kier alpha value is -2.37. The Morgan fingerprint density at radius 2 is 0.537 bits per heavy atom. The summed E-state index contributed by atoms with van der Waals surface area (Å²) in [4.78, 5) is 37.9. The van der Waals surface area contributed by atoms with Crippen LogP contribution in [0.25, 0.3) is 0 Å². The lowest BCUT2D eigenvalue weighted by Crippen LogP contribution is -2.30. The highest BCUT2D eigenvalue weighted by molar-refractivity contribution is 5.71. The largest absolute Gasteiger partial charge is 0.462 e. The predicted molar refractivity (Wildman–Crippen MR) is 289 cm³/mol. The molecular formula is C61H112O6. The molecule has 0 saturated carbocycles. The van der Waals surface area contributed by atoms with E-state index in [1.807, 2.05) is 0 Å². The molecule has 0 aromatic rings. The van der Waals surface area contributed by atoms with Crippen molar-refractivity contribution in [1.82, 2.24) is 0 Å². The van der Waals surface area contributed by atoms with Crippen molar-refractivity contribution in [3.8, 4) is 0 Å². The topological polar surface area (TPSA) is 78.9 Å². The number of allylic oxidation sites excluding steroid dienone is 6. The maximum Gasteiger partial charge on any atom is 0.306 e. The molecule has 67 heavy (non-hydrogen) atoms. The molecule has 0 aliphatic rings. The molecular weight excluding hydrogens is 829 g/mol. The van der Waals surface area contributed by atoms with E-state index in [-0.39, 0.29) is 31.1 Å². The van der Waals surface area contributed by atoms with Crippen LogP contribution in [-0.4, -0.2) is 37.2 Å². The fraction of sp³-hybridized carbons (Fsp3) is 0.852. The average Bonchev–Trinajstić information content (AvgIpc) is 3.33. The summed E-state index contributed by atoms with van der Waals surface area (Å²) in [7, 11) is 0. The zero-order chi connectivity index (χ0) is 48.6. The van der Waals surface area contributed by atoms with Gasteiger partial charge in [0.05, 0.1) is 0 Å². The van der Waals surface area contributed by atoms with Gasteiger partial charge in [-0.15, -0.1) is 0 Å². The van der Waals surface area contributed by atoms with Crippen LogP contribution in [-0.2, 0) is 28.6 Å². The molecule has 0 fully saturated rings. The number of ether oxygens (including phenoxy) is 3. The molecule has 0 rings (SSSR count). The maximum atomic E-state index is 12.8. The van der Waals surface area contributed by atoms with Gasteiger partial charge in [-0.1, -0.05) is 256 Å². The van der Waals surface area contributed by atoms with E-state index >= 15 is 0 Å². The normalized spacial score (nSPS) is 12.2. The molecule has 0 aromatic heterocycles. The first-order valence-electron chi connectivity index (χ1n) is 29.5. The van der Waals surface area contributed by atoms with Crippen LogP contribution in [0.2, 0.25) is 0 Å². The molecule has 0 spiro atoms. The molecule has 392 valence electrons. The minimum Gasteiger partial charge on any atom is -0.462 e.